The van der Waals surface area contributed by atoms with E-state index in [0.717, 1.165) is 10.6 Å². The van der Waals surface area contributed by atoms with Gasteiger partial charge in [0.2, 0.25) is 5.91 Å². The summed E-state index contributed by atoms with van der Waals surface area (Å²) in [6.45, 7) is 8.19. The molecule has 1 fully saturated rings. The van der Waals surface area contributed by atoms with Crippen LogP contribution in [0.1, 0.15) is 32.8 Å². The molecule has 0 saturated carbocycles. The van der Waals surface area contributed by atoms with Crippen molar-refractivity contribution in [1.82, 2.24) is 4.90 Å². The Morgan fingerprint density at radius 2 is 2.05 bits per heavy atom. The third-order valence-electron chi connectivity index (χ3n) is 3.91. The number of rotatable bonds is 3. The molecule has 1 amide bonds. The average Bonchev–Trinajstić information content (AvgIpc) is 2.39. The number of ether oxygens (including phenoxy) is 1. The molecule has 1 aromatic rings. The van der Waals surface area contributed by atoms with Crippen LogP contribution < -0.4 is 0 Å². The topological polar surface area (TPSA) is 29.5 Å². The molecule has 110 valence electrons. The first kappa shape index (κ1) is 15.3. The number of nitrogens with zero attached hydrogens (tertiary/aromatic N) is 1. The van der Waals surface area contributed by atoms with E-state index in [2.05, 4.69) is 13.8 Å². The molecular formula is C16H22ClNO2. The Hall–Kier alpha value is -1.06. The summed E-state index contributed by atoms with van der Waals surface area (Å²) >= 11 is 5.92. The number of halogens is 1. The maximum absolute atomic E-state index is 12.5. The van der Waals surface area contributed by atoms with Gasteiger partial charge >= 0.3 is 0 Å². The number of benzene rings is 1. The second-order valence-electron chi connectivity index (χ2n) is 6.08. The number of hydrogen-bond acceptors (Lipinski definition) is 2. The van der Waals surface area contributed by atoms with Gasteiger partial charge < -0.3 is 9.64 Å². The maximum atomic E-state index is 12.5. The fourth-order valence-corrected chi connectivity index (χ4v) is 2.71. The van der Waals surface area contributed by atoms with E-state index in [1.165, 1.54) is 0 Å². The monoisotopic (exact) mass is 295 g/mol. The molecule has 2 rings (SSSR count). The van der Waals surface area contributed by atoms with Crippen molar-refractivity contribution >= 4 is 17.5 Å². The Morgan fingerprint density at radius 3 is 2.65 bits per heavy atom. The van der Waals surface area contributed by atoms with E-state index in [-0.39, 0.29) is 17.4 Å². The van der Waals surface area contributed by atoms with Gasteiger partial charge in [-0.1, -0.05) is 37.6 Å². The Kier molecular flexibility index (Phi) is 4.71. The molecule has 0 aliphatic carbocycles. The van der Waals surface area contributed by atoms with Crippen molar-refractivity contribution in [1.29, 1.82) is 0 Å². The van der Waals surface area contributed by atoms with Crippen LogP contribution in [-0.4, -0.2) is 36.6 Å². The Morgan fingerprint density at radius 1 is 1.40 bits per heavy atom. The van der Waals surface area contributed by atoms with E-state index >= 15 is 0 Å². The van der Waals surface area contributed by atoms with E-state index in [1.807, 2.05) is 36.1 Å². The number of morpholine rings is 1. The second-order valence-corrected chi connectivity index (χ2v) is 6.52. The molecule has 3 nitrogen and oxygen atoms in total. The van der Waals surface area contributed by atoms with Gasteiger partial charge in [0.05, 0.1) is 19.3 Å². The summed E-state index contributed by atoms with van der Waals surface area (Å²) in [4.78, 5) is 14.4. The largest absolute Gasteiger partial charge is 0.377 e. The molecule has 0 radical (unpaired) electrons. The molecule has 1 aliphatic rings. The van der Waals surface area contributed by atoms with Crippen molar-refractivity contribution in [3.8, 4) is 0 Å². The van der Waals surface area contributed by atoms with E-state index in [1.54, 1.807) is 0 Å². The summed E-state index contributed by atoms with van der Waals surface area (Å²) in [6.07, 6.45) is 0.499. The summed E-state index contributed by atoms with van der Waals surface area (Å²) in [5.41, 5.74) is 0.941. The first-order chi connectivity index (χ1) is 9.40. The maximum Gasteiger partial charge on any atom is 0.223 e. The number of carbonyl (C=O) groups excluding carboxylic acids is 1. The molecular weight excluding hydrogens is 274 g/mol. The van der Waals surface area contributed by atoms with Crippen molar-refractivity contribution < 1.29 is 9.53 Å². The SMILES string of the molecule is CC1COCCN1C(=O)CC(C)(C)c1ccc(Cl)cc1. The molecule has 1 saturated heterocycles. The van der Waals surface area contributed by atoms with Crippen LogP contribution in [0.15, 0.2) is 24.3 Å². The average molecular weight is 296 g/mol. The van der Waals surface area contributed by atoms with Crippen molar-refractivity contribution in [3.05, 3.63) is 34.9 Å². The van der Waals surface area contributed by atoms with Crippen LogP contribution in [0.3, 0.4) is 0 Å². The zero-order valence-corrected chi connectivity index (χ0v) is 13.1. The summed E-state index contributed by atoms with van der Waals surface area (Å²) < 4.78 is 5.38. The fourth-order valence-electron chi connectivity index (χ4n) is 2.58. The van der Waals surface area contributed by atoms with Gasteiger partial charge in [-0.25, -0.2) is 0 Å². The highest BCUT2D eigenvalue weighted by molar-refractivity contribution is 6.30. The molecule has 0 bridgehead atoms. The molecule has 20 heavy (non-hydrogen) atoms. The zero-order chi connectivity index (χ0) is 14.8. The highest BCUT2D eigenvalue weighted by atomic mass is 35.5. The number of carbonyl (C=O) groups is 1. The number of hydrogen-bond donors (Lipinski definition) is 0. The molecule has 1 aliphatic heterocycles. The van der Waals surface area contributed by atoms with E-state index in [4.69, 9.17) is 16.3 Å². The van der Waals surface area contributed by atoms with Crippen LogP contribution in [0.5, 0.6) is 0 Å². The Balaban J connectivity index is 2.07. The first-order valence-electron chi connectivity index (χ1n) is 7.03. The quantitative estimate of drug-likeness (QED) is 0.856. The summed E-state index contributed by atoms with van der Waals surface area (Å²) in [5, 5.41) is 0.720. The minimum atomic E-state index is -0.195. The molecule has 1 atom stereocenters. The predicted molar refractivity (Wildman–Crippen MR) is 81.1 cm³/mol. The predicted octanol–water partition coefficient (Wildman–Crippen LogP) is 3.26. The minimum absolute atomic E-state index is 0.164. The van der Waals surface area contributed by atoms with E-state index in [0.29, 0.717) is 26.2 Å². The van der Waals surface area contributed by atoms with Gasteiger partial charge in [-0.15, -0.1) is 0 Å². The van der Waals surface area contributed by atoms with Gasteiger partial charge in [0.1, 0.15) is 0 Å². The fraction of sp³-hybridized carbons (Fsp3) is 0.562. The van der Waals surface area contributed by atoms with E-state index in [9.17, 15) is 4.79 Å². The highest BCUT2D eigenvalue weighted by Gasteiger charge is 2.30. The van der Waals surface area contributed by atoms with Crippen LogP contribution in [0, 0.1) is 0 Å². The molecule has 0 spiro atoms. The molecule has 1 heterocycles. The van der Waals surface area contributed by atoms with Gasteiger partial charge in [0.25, 0.3) is 0 Å². The lowest BCUT2D eigenvalue weighted by molar-refractivity contribution is -0.140. The lowest BCUT2D eigenvalue weighted by Crippen LogP contribution is -2.48. The summed E-state index contributed by atoms with van der Waals surface area (Å²) in [6, 6.07) is 7.91. The van der Waals surface area contributed by atoms with Crippen LogP contribution >= 0.6 is 11.6 Å². The third-order valence-corrected chi connectivity index (χ3v) is 4.16. The van der Waals surface area contributed by atoms with Gasteiger partial charge in [0, 0.05) is 18.0 Å². The lowest BCUT2D eigenvalue weighted by atomic mass is 9.81. The Bertz CT molecular complexity index is 470. The third kappa shape index (κ3) is 3.53. The molecule has 0 N–H and O–H groups in total. The van der Waals surface area contributed by atoms with Crippen LogP contribution in [-0.2, 0) is 14.9 Å². The van der Waals surface area contributed by atoms with Crippen molar-refractivity contribution in [2.45, 2.75) is 38.6 Å². The van der Waals surface area contributed by atoms with Crippen LogP contribution in [0.2, 0.25) is 5.02 Å². The van der Waals surface area contributed by atoms with Gasteiger partial charge in [-0.2, -0.15) is 0 Å². The van der Waals surface area contributed by atoms with E-state index < -0.39 is 0 Å². The molecule has 0 aromatic heterocycles. The molecule has 4 heteroatoms. The summed E-state index contributed by atoms with van der Waals surface area (Å²) in [7, 11) is 0. The lowest BCUT2D eigenvalue weighted by Gasteiger charge is -2.36. The van der Waals surface area contributed by atoms with Crippen molar-refractivity contribution in [3.63, 3.8) is 0 Å². The van der Waals surface area contributed by atoms with Gasteiger partial charge in [0.15, 0.2) is 0 Å². The molecule has 1 unspecified atom stereocenters. The standard InChI is InChI=1S/C16H22ClNO2/c1-12-11-20-9-8-18(12)15(19)10-16(2,3)13-4-6-14(17)7-5-13/h4-7,12H,8-11H2,1-3H3. The first-order valence-corrected chi connectivity index (χ1v) is 7.41. The smallest absolute Gasteiger partial charge is 0.223 e. The van der Waals surface area contributed by atoms with Gasteiger partial charge in [-0.3, -0.25) is 4.79 Å². The molecule has 1 aromatic carbocycles. The van der Waals surface area contributed by atoms with Crippen molar-refractivity contribution in [2.75, 3.05) is 19.8 Å². The zero-order valence-electron chi connectivity index (χ0n) is 12.4. The van der Waals surface area contributed by atoms with Crippen LogP contribution in [0.4, 0.5) is 0 Å². The van der Waals surface area contributed by atoms with Crippen LogP contribution in [0.25, 0.3) is 0 Å². The normalized spacial score (nSPS) is 20.0. The second kappa shape index (κ2) is 6.15. The minimum Gasteiger partial charge on any atom is -0.377 e. The highest BCUT2D eigenvalue weighted by Crippen LogP contribution is 2.29. The van der Waals surface area contributed by atoms with Gasteiger partial charge in [-0.05, 0) is 30.0 Å². The summed E-state index contributed by atoms with van der Waals surface area (Å²) in [5.74, 6) is 0.195. The van der Waals surface area contributed by atoms with Crippen molar-refractivity contribution in [2.24, 2.45) is 0 Å². The Labute approximate surface area is 125 Å². The number of amides is 1.